The predicted octanol–water partition coefficient (Wildman–Crippen LogP) is 2.77. The van der Waals surface area contributed by atoms with Crippen LogP contribution in [0.1, 0.15) is 88.2 Å². The summed E-state index contributed by atoms with van der Waals surface area (Å²) in [5, 5.41) is 0. The molecule has 33 heavy (non-hydrogen) atoms. The van der Waals surface area contributed by atoms with Gasteiger partial charge in [0, 0.05) is 0 Å². The molecule has 1 aliphatic carbocycles. The van der Waals surface area contributed by atoms with E-state index in [1.54, 1.807) is 22.3 Å². The average molecular weight is 580 g/mol. The van der Waals surface area contributed by atoms with E-state index < -0.39 is 22.4 Å². The summed E-state index contributed by atoms with van der Waals surface area (Å²) in [6, 6.07) is 14.5. The van der Waals surface area contributed by atoms with Gasteiger partial charge in [-0.15, -0.1) is 0 Å². The minimum atomic E-state index is -0.446. The van der Waals surface area contributed by atoms with Gasteiger partial charge in [-0.3, -0.25) is 0 Å². The van der Waals surface area contributed by atoms with Crippen molar-refractivity contribution in [3.63, 3.8) is 0 Å². The molecule has 0 N–H and O–H groups in total. The maximum Gasteiger partial charge on any atom is -1.00 e. The molecule has 0 spiro atoms. The Morgan fingerprint density at radius 1 is 0.848 bits per heavy atom. The van der Waals surface area contributed by atoms with E-state index in [2.05, 4.69) is 112 Å². The van der Waals surface area contributed by atoms with Crippen LogP contribution in [0.2, 0.25) is 13.1 Å². The van der Waals surface area contributed by atoms with Crippen molar-refractivity contribution in [1.29, 1.82) is 0 Å². The summed E-state index contributed by atoms with van der Waals surface area (Å²) in [6.07, 6.45) is 0. The normalized spacial score (nSPS) is 15.8. The Balaban J connectivity index is 0.00000272. The average Bonchev–Trinajstić information content (AvgIpc) is 2.91. The standard InChI is InChI=1S/C27H35.C2H6Si.2ClH.Zr/c1-17(2)24-15-19-11-10-12-23(25(19)18(24)3)20-13-21(26(4,5)6)16-22(14-20)27(7,8)9;1-3-2;;;/h10-17H,1-9H3;1-2H3;2*1H;/q;;;;+2/p-2. The largest absolute Gasteiger partial charge is 1.00 e. The van der Waals surface area contributed by atoms with E-state index in [1.165, 1.54) is 22.3 Å². The molecule has 0 nitrogen and oxygen atoms in total. The van der Waals surface area contributed by atoms with Crippen LogP contribution in [0.3, 0.4) is 0 Å². The summed E-state index contributed by atoms with van der Waals surface area (Å²) >= 11 is -0.446. The van der Waals surface area contributed by atoms with E-state index in [4.69, 9.17) is 0 Å². The third kappa shape index (κ3) is 6.55. The fourth-order valence-electron chi connectivity index (χ4n) is 4.86. The van der Waals surface area contributed by atoms with E-state index in [9.17, 15) is 0 Å². The molecule has 0 aliphatic heterocycles. The summed E-state index contributed by atoms with van der Waals surface area (Å²) in [4.78, 5) is 0. The van der Waals surface area contributed by atoms with Crippen molar-refractivity contribution in [1.82, 2.24) is 0 Å². The van der Waals surface area contributed by atoms with Gasteiger partial charge in [0.15, 0.2) is 0 Å². The summed E-state index contributed by atoms with van der Waals surface area (Å²) in [7, 11) is 0. The molecule has 4 heteroatoms. The molecule has 2 aromatic carbocycles. The minimum absolute atomic E-state index is 0. The molecule has 0 aromatic heterocycles. The number of rotatable bonds is 4. The molecule has 0 amide bonds. The first kappa shape index (κ1) is 30.9. The zero-order chi connectivity index (χ0) is 23.3. The Bertz CT molecular complexity index is 975. The predicted molar refractivity (Wildman–Crippen MR) is 137 cm³/mol. The van der Waals surface area contributed by atoms with Crippen molar-refractivity contribution in [3.05, 3.63) is 64.2 Å². The van der Waals surface area contributed by atoms with Gasteiger partial charge in [0.1, 0.15) is 0 Å². The quantitative estimate of drug-likeness (QED) is 0.489. The SMILES string of the molecule is CC1=C(C(C)C)[CH]([Zr+2][Si](C)C)c2cccc(-c3cc(C(C)(C)C)cc(C(C)(C)C)c3)c21.[Cl-].[Cl-]. The van der Waals surface area contributed by atoms with Crippen LogP contribution < -0.4 is 24.8 Å². The van der Waals surface area contributed by atoms with E-state index in [0.29, 0.717) is 5.92 Å². The summed E-state index contributed by atoms with van der Waals surface area (Å²) in [5.74, 6) is 0.497. The van der Waals surface area contributed by atoms with Gasteiger partial charge in [-0.1, -0.05) is 0 Å². The van der Waals surface area contributed by atoms with Gasteiger partial charge >= 0.3 is 205 Å². The molecule has 1 unspecified atom stereocenters. The number of benzene rings is 2. The first-order chi connectivity index (χ1) is 14.2. The van der Waals surface area contributed by atoms with Crippen LogP contribution in [-0.2, 0) is 33.2 Å². The molecule has 1 radical (unpaired) electrons. The molecule has 0 saturated carbocycles. The van der Waals surface area contributed by atoms with E-state index in [1.807, 2.05) is 0 Å². The Labute approximate surface area is 228 Å². The smallest absolute Gasteiger partial charge is 1.00 e. The monoisotopic (exact) mass is 577 g/mol. The molecule has 0 fully saturated rings. The molecule has 1 atom stereocenters. The van der Waals surface area contributed by atoms with Crippen LogP contribution in [0.5, 0.6) is 0 Å². The molecule has 0 saturated heterocycles. The number of allylic oxidation sites excluding steroid dienone is 2. The van der Waals surface area contributed by atoms with Crippen LogP contribution in [0.15, 0.2) is 42.0 Å². The second-order valence-corrected chi connectivity index (χ2v) is 25.1. The Kier molecular flexibility index (Phi) is 10.6. The number of hydrogen-bond acceptors (Lipinski definition) is 0. The van der Waals surface area contributed by atoms with Crippen LogP contribution >= 0.6 is 0 Å². The number of fused-ring (bicyclic) bond motifs is 1. The fraction of sp³-hybridized carbons (Fsp3) is 0.517. The Morgan fingerprint density at radius 2 is 1.36 bits per heavy atom. The number of hydrogen-bond donors (Lipinski definition) is 0. The third-order valence-corrected chi connectivity index (χ3v) is 15.3. The maximum atomic E-state index is 2.54. The van der Waals surface area contributed by atoms with Crippen LogP contribution in [-0.4, -0.2) is 5.92 Å². The van der Waals surface area contributed by atoms with Gasteiger partial charge in [0.2, 0.25) is 0 Å². The number of halogens is 2. The van der Waals surface area contributed by atoms with Crippen molar-refractivity contribution in [2.24, 2.45) is 5.92 Å². The van der Waals surface area contributed by atoms with E-state index >= 15 is 0 Å². The topological polar surface area (TPSA) is 0 Å². The van der Waals surface area contributed by atoms with Gasteiger partial charge in [0.05, 0.1) is 0 Å². The minimum Gasteiger partial charge on any atom is -1.00 e. The zero-order valence-corrected chi connectivity index (χ0v) is 27.3. The molecule has 0 bridgehead atoms. The van der Waals surface area contributed by atoms with E-state index in [-0.39, 0.29) is 41.6 Å². The van der Waals surface area contributed by atoms with Crippen molar-refractivity contribution in [2.45, 2.75) is 89.9 Å². The van der Waals surface area contributed by atoms with Gasteiger partial charge in [0.25, 0.3) is 0 Å². The van der Waals surface area contributed by atoms with Crippen molar-refractivity contribution >= 4 is 11.5 Å². The summed E-state index contributed by atoms with van der Waals surface area (Å²) < 4.78 is 0.773. The van der Waals surface area contributed by atoms with Gasteiger partial charge in [-0.2, -0.15) is 0 Å². The second kappa shape index (κ2) is 11.3. The molecule has 3 rings (SSSR count). The second-order valence-electron chi connectivity index (χ2n) is 11.9. The molecule has 2 aromatic rings. The molecule has 0 heterocycles. The Morgan fingerprint density at radius 3 is 1.79 bits per heavy atom. The van der Waals surface area contributed by atoms with Gasteiger partial charge in [-0.05, 0) is 0 Å². The van der Waals surface area contributed by atoms with Gasteiger partial charge in [-0.25, -0.2) is 0 Å². The van der Waals surface area contributed by atoms with Crippen molar-refractivity contribution in [3.8, 4) is 11.1 Å². The van der Waals surface area contributed by atoms with Crippen LogP contribution in [0.4, 0.5) is 0 Å². The first-order valence-corrected chi connectivity index (χ1v) is 19.4. The Hall–Kier alpha value is -0.140. The van der Waals surface area contributed by atoms with Crippen molar-refractivity contribution < 1.29 is 47.2 Å². The van der Waals surface area contributed by atoms with E-state index in [0.717, 1.165) is 3.63 Å². The molecular weight excluding hydrogens is 539 g/mol. The molecule has 179 valence electrons. The molecule has 1 aliphatic rings. The maximum absolute atomic E-state index is 2.54. The summed E-state index contributed by atoms with van der Waals surface area (Å²) in [6.45, 7) is 26.3. The first-order valence-electron chi connectivity index (χ1n) is 11.8. The van der Waals surface area contributed by atoms with Crippen LogP contribution in [0.25, 0.3) is 16.7 Å². The van der Waals surface area contributed by atoms with Crippen LogP contribution in [0, 0.1) is 5.92 Å². The molecular formula is C29H41Cl2SiZr. The zero-order valence-electron chi connectivity index (χ0n) is 22.4. The van der Waals surface area contributed by atoms with Gasteiger partial charge < -0.3 is 24.8 Å². The van der Waals surface area contributed by atoms with Crippen molar-refractivity contribution in [2.75, 3.05) is 0 Å². The summed E-state index contributed by atoms with van der Waals surface area (Å²) in [5.41, 5.74) is 12.6. The fourth-order valence-corrected chi connectivity index (χ4v) is 14.2. The third-order valence-electron chi connectivity index (χ3n) is 6.56.